The summed E-state index contributed by atoms with van der Waals surface area (Å²) in [6, 6.07) is 6.34. The van der Waals surface area contributed by atoms with Gasteiger partial charge in [0.15, 0.2) is 6.73 Å². The average Bonchev–Trinajstić information content (AvgIpc) is 2.95. The molecule has 0 amide bonds. The summed E-state index contributed by atoms with van der Waals surface area (Å²) in [6.07, 6.45) is 4.04. The number of halogens is 1. The molecule has 120 valence electrons. The predicted octanol–water partition coefficient (Wildman–Crippen LogP) is 3.98. The van der Waals surface area contributed by atoms with Gasteiger partial charge in [0.2, 0.25) is 0 Å². The zero-order valence-electron chi connectivity index (χ0n) is 13.5. The van der Waals surface area contributed by atoms with Gasteiger partial charge < -0.3 is 9.30 Å². The number of hydrogen-bond acceptors (Lipinski definition) is 3. The van der Waals surface area contributed by atoms with E-state index in [0.717, 1.165) is 5.69 Å². The van der Waals surface area contributed by atoms with E-state index in [1.54, 1.807) is 17.8 Å². The number of aromatic nitrogens is 2. The first-order valence-electron chi connectivity index (χ1n) is 7.26. The van der Waals surface area contributed by atoms with Gasteiger partial charge in [-0.3, -0.25) is 4.79 Å². The zero-order chi connectivity index (χ0) is 15.4. The van der Waals surface area contributed by atoms with E-state index < -0.39 is 0 Å². The van der Waals surface area contributed by atoms with Crippen LogP contribution in [-0.2, 0) is 16.3 Å². The summed E-state index contributed by atoms with van der Waals surface area (Å²) in [7, 11) is 0. The molecule has 0 N–H and O–H groups in total. The average molecular weight is 323 g/mol. The van der Waals surface area contributed by atoms with Crippen molar-refractivity contribution in [3.8, 4) is 0 Å². The Morgan fingerprint density at radius 1 is 1.36 bits per heavy atom. The minimum Gasteiger partial charge on any atom is -0.444 e. The number of benzene rings is 1. The lowest BCUT2D eigenvalue weighted by Gasteiger charge is -2.14. The molecule has 0 fully saturated rings. The van der Waals surface area contributed by atoms with Crippen molar-refractivity contribution in [3.05, 3.63) is 53.1 Å². The minimum absolute atomic E-state index is 0. The Kier molecular flexibility index (Phi) is 6.62. The second kappa shape index (κ2) is 7.99. The number of ether oxygens (including phenoxy) is 1. The highest BCUT2D eigenvalue weighted by atomic mass is 35.5. The van der Waals surface area contributed by atoms with Crippen molar-refractivity contribution in [3.63, 3.8) is 0 Å². The first-order valence-corrected chi connectivity index (χ1v) is 7.26. The molecule has 0 radical (unpaired) electrons. The molecule has 0 aliphatic carbocycles. The maximum absolute atomic E-state index is 11.2. The van der Waals surface area contributed by atoms with E-state index in [-0.39, 0.29) is 31.0 Å². The van der Waals surface area contributed by atoms with Gasteiger partial charge in [-0.1, -0.05) is 32.0 Å². The Morgan fingerprint density at radius 3 is 2.77 bits per heavy atom. The van der Waals surface area contributed by atoms with Crippen molar-refractivity contribution < 1.29 is 9.53 Å². The Labute approximate surface area is 137 Å². The number of aryl methyl sites for hydroxylation is 1. The molecule has 0 aliphatic rings. The first kappa shape index (κ1) is 18.2. The molecule has 0 unspecified atom stereocenters. The van der Waals surface area contributed by atoms with Gasteiger partial charge in [0.25, 0.3) is 0 Å². The molecule has 1 aromatic heterocycles. The van der Waals surface area contributed by atoms with Crippen molar-refractivity contribution >= 4 is 18.4 Å². The van der Waals surface area contributed by atoms with Gasteiger partial charge in [0, 0.05) is 18.5 Å². The molecule has 0 saturated carbocycles. The number of rotatable bonds is 5. The van der Waals surface area contributed by atoms with Crippen LogP contribution in [0.5, 0.6) is 0 Å². The summed E-state index contributed by atoms with van der Waals surface area (Å²) in [5.74, 6) is 0.0147. The maximum atomic E-state index is 11.2. The lowest BCUT2D eigenvalue weighted by molar-refractivity contribution is -0.147. The molecule has 22 heavy (non-hydrogen) atoms. The second-order valence-electron chi connectivity index (χ2n) is 5.32. The quantitative estimate of drug-likeness (QED) is 0.782. The highest BCUT2D eigenvalue weighted by Crippen LogP contribution is 2.27. The molecule has 1 aromatic carbocycles. The van der Waals surface area contributed by atoms with Crippen molar-refractivity contribution in [1.82, 2.24) is 9.55 Å². The number of carbonyl (C=O) groups excluding carboxylic acids is 1. The SMILES string of the molecule is CCC(=O)OCn1cnc([C@@H](C)c2cccc(C)c2C)c1.Cl. The van der Waals surface area contributed by atoms with Crippen molar-refractivity contribution in [2.75, 3.05) is 0 Å². The van der Waals surface area contributed by atoms with E-state index in [0.29, 0.717) is 6.42 Å². The number of hydrogen-bond donors (Lipinski definition) is 0. The normalized spacial score (nSPS) is 11.6. The molecule has 1 heterocycles. The van der Waals surface area contributed by atoms with Crippen LogP contribution in [-0.4, -0.2) is 15.5 Å². The van der Waals surface area contributed by atoms with E-state index in [2.05, 4.69) is 44.0 Å². The molecule has 1 atom stereocenters. The first-order chi connectivity index (χ1) is 10.0. The van der Waals surface area contributed by atoms with E-state index in [9.17, 15) is 4.79 Å². The number of imidazole rings is 1. The van der Waals surface area contributed by atoms with Crippen LogP contribution in [0, 0.1) is 13.8 Å². The molecule has 2 rings (SSSR count). The maximum Gasteiger partial charge on any atom is 0.307 e. The van der Waals surface area contributed by atoms with Gasteiger partial charge >= 0.3 is 5.97 Å². The summed E-state index contributed by atoms with van der Waals surface area (Å²) in [6.45, 7) is 8.41. The lowest BCUT2D eigenvalue weighted by atomic mass is 9.92. The predicted molar refractivity (Wildman–Crippen MR) is 89.3 cm³/mol. The summed E-state index contributed by atoms with van der Waals surface area (Å²) < 4.78 is 6.90. The van der Waals surface area contributed by atoms with E-state index in [1.807, 2.05) is 6.20 Å². The molecule has 5 heteroatoms. The standard InChI is InChI=1S/C17H22N2O2.ClH/c1-5-17(20)21-11-19-9-16(18-10-19)14(4)15-8-6-7-12(2)13(15)3;/h6-10,14H,5,11H2,1-4H3;1H/t14-;/m0./s1. The van der Waals surface area contributed by atoms with Gasteiger partial charge in [-0.2, -0.15) is 0 Å². The highest BCUT2D eigenvalue weighted by Gasteiger charge is 2.14. The van der Waals surface area contributed by atoms with E-state index in [1.165, 1.54) is 16.7 Å². The minimum atomic E-state index is -0.201. The monoisotopic (exact) mass is 322 g/mol. The zero-order valence-corrected chi connectivity index (χ0v) is 14.3. The van der Waals surface area contributed by atoms with Crippen LogP contribution in [0.1, 0.15) is 48.6 Å². The fraction of sp³-hybridized carbons (Fsp3) is 0.412. The second-order valence-corrected chi connectivity index (χ2v) is 5.32. The van der Waals surface area contributed by atoms with Gasteiger partial charge in [-0.15, -0.1) is 12.4 Å². The number of carbonyl (C=O) groups is 1. The molecule has 0 spiro atoms. The summed E-state index contributed by atoms with van der Waals surface area (Å²) in [4.78, 5) is 15.6. The van der Waals surface area contributed by atoms with Crippen LogP contribution in [0.3, 0.4) is 0 Å². The van der Waals surface area contributed by atoms with Gasteiger partial charge in [0.05, 0.1) is 12.0 Å². The van der Waals surface area contributed by atoms with Gasteiger partial charge in [0.1, 0.15) is 0 Å². The lowest BCUT2D eigenvalue weighted by Crippen LogP contribution is -2.06. The van der Waals surface area contributed by atoms with Crippen molar-refractivity contribution in [1.29, 1.82) is 0 Å². The fourth-order valence-electron chi connectivity index (χ4n) is 2.32. The molecular formula is C17H23ClN2O2. The topological polar surface area (TPSA) is 44.1 Å². The van der Waals surface area contributed by atoms with Crippen LogP contribution < -0.4 is 0 Å². The fourth-order valence-corrected chi connectivity index (χ4v) is 2.32. The summed E-state index contributed by atoms with van der Waals surface area (Å²) in [5.41, 5.74) is 4.86. The third kappa shape index (κ3) is 4.10. The smallest absolute Gasteiger partial charge is 0.307 e. The highest BCUT2D eigenvalue weighted by molar-refractivity contribution is 5.85. The Morgan fingerprint density at radius 2 is 2.09 bits per heavy atom. The Bertz CT molecular complexity index is 637. The van der Waals surface area contributed by atoms with Gasteiger partial charge in [-0.05, 0) is 30.5 Å². The van der Waals surface area contributed by atoms with E-state index in [4.69, 9.17) is 4.74 Å². The van der Waals surface area contributed by atoms with Crippen LogP contribution in [0.2, 0.25) is 0 Å². The number of nitrogens with zero attached hydrogens (tertiary/aromatic N) is 2. The van der Waals surface area contributed by atoms with Gasteiger partial charge in [-0.25, -0.2) is 4.98 Å². The largest absolute Gasteiger partial charge is 0.444 e. The van der Waals surface area contributed by atoms with Crippen molar-refractivity contribution in [2.45, 2.75) is 46.8 Å². The Hall–Kier alpha value is -1.81. The van der Waals surface area contributed by atoms with Crippen LogP contribution in [0.25, 0.3) is 0 Å². The van der Waals surface area contributed by atoms with Crippen LogP contribution in [0.4, 0.5) is 0 Å². The molecule has 2 aromatic rings. The molecular weight excluding hydrogens is 300 g/mol. The number of esters is 1. The third-order valence-electron chi connectivity index (χ3n) is 3.87. The molecule has 0 saturated heterocycles. The molecule has 0 bridgehead atoms. The van der Waals surface area contributed by atoms with Crippen LogP contribution in [0.15, 0.2) is 30.7 Å². The third-order valence-corrected chi connectivity index (χ3v) is 3.87. The summed E-state index contributed by atoms with van der Waals surface area (Å²) in [5, 5.41) is 0. The Balaban J connectivity index is 0.00000242. The molecule has 4 nitrogen and oxygen atoms in total. The summed E-state index contributed by atoms with van der Waals surface area (Å²) >= 11 is 0. The van der Waals surface area contributed by atoms with Crippen LogP contribution >= 0.6 is 12.4 Å². The van der Waals surface area contributed by atoms with Crippen molar-refractivity contribution in [2.24, 2.45) is 0 Å². The molecule has 0 aliphatic heterocycles. The van der Waals surface area contributed by atoms with E-state index >= 15 is 0 Å².